The van der Waals surface area contributed by atoms with E-state index in [4.69, 9.17) is 9.88 Å². The standard InChI is InChI=1S/C11H13F2NO5S/c1-2-18-5-6-19-11(15)9-7(12)3-4-8(10(9)13)20(14,16)17/h3-4H,2,5-6H2,1H3,(H2,14,16,17). The number of nitrogens with two attached hydrogens (primary N) is 1. The summed E-state index contributed by atoms with van der Waals surface area (Å²) in [4.78, 5) is 10.6. The van der Waals surface area contributed by atoms with Gasteiger partial charge >= 0.3 is 5.97 Å². The molecule has 0 amide bonds. The molecule has 0 heterocycles. The van der Waals surface area contributed by atoms with E-state index in [1.807, 2.05) is 0 Å². The molecule has 0 aliphatic carbocycles. The normalized spacial score (nSPS) is 11.4. The highest BCUT2D eigenvalue weighted by molar-refractivity contribution is 7.89. The first kappa shape index (κ1) is 16.5. The fourth-order valence-corrected chi connectivity index (χ4v) is 1.96. The molecule has 0 unspecified atom stereocenters. The van der Waals surface area contributed by atoms with Crippen LogP contribution in [0.3, 0.4) is 0 Å². The molecule has 0 fully saturated rings. The van der Waals surface area contributed by atoms with Crippen LogP contribution in [-0.2, 0) is 19.5 Å². The lowest BCUT2D eigenvalue weighted by Crippen LogP contribution is -2.19. The Bertz CT molecular complexity index is 603. The van der Waals surface area contributed by atoms with Crippen molar-refractivity contribution in [3.8, 4) is 0 Å². The van der Waals surface area contributed by atoms with Crippen LogP contribution in [0.15, 0.2) is 17.0 Å². The zero-order chi connectivity index (χ0) is 15.3. The molecule has 1 aromatic rings. The van der Waals surface area contributed by atoms with Gasteiger partial charge in [0.05, 0.1) is 6.61 Å². The number of carbonyl (C=O) groups excluding carboxylic acids is 1. The van der Waals surface area contributed by atoms with Gasteiger partial charge in [-0.1, -0.05) is 0 Å². The number of hydrogen-bond donors (Lipinski definition) is 1. The molecule has 6 nitrogen and oxygen atoms in total. The first-order valence-electron chi connectivity index (χ1n) is 5.54. The highest BCUT2D eigenvalue weighted by Gasteiger charge is 2.26. The fourth-order valence-electron chi connectivity index (χ4n) is 1.35. The molecule has 0 aromatic heterocycles. The summed E-state index contributed by atoms with van der Waals surface area (Å²) in [5.74, 6) is -4.14. The van der Waals surface area contributed by atoms with Crippen molar-refractivity contribution in [2.75, 3.05) is 19.8 Å². The summed E-state index contributed by atoms with van der Waals surface area (Å²) < 4.78 is 58.9. The van der Waals surface area contributed by atoms with Crippen LogP contribution in [0, 0.1) is 11.6 Å². The zero-order valence-electron chi connectivity index (χ0n) is 10.6. The van der Waals surface area contributed by atoms with Gasteiger partial charge in [-0.15, -0.1) is 0 Å². The van der Waals surface area contributed by atoms with Crippen LogP contribution in [0.2, 0.25) is 0 Å². The van der Waals surface area contributed by atoms with Crippen LogP contribution < -0.4 is 5.14 Å². The number of hydrogen-bond acceptors (Lipinski definition) is 5. The average molecular weight is 309 g/mol. The molecule has 0 aliphatic rings. The molecule has 112 valence electrons. The number of benzene rings is 1. The maximum absolute atomic E-state index is 13.8. The van der Waals surface area contributed by atoms with Gasteiger partial charge in [-0.2, -0.15) is 0 Å². The lowest BCUT2D eigenvalue weighted by molar-refractivity contribution is 0.0325. The van der Waals surface area contributed by atoms with E-state index in [1.165, 1.54) is 0 Å². The van der Waals surface area contributed by atoms with E-state index >= 15 is 0 Å². The summed E-state index contributed by atoms with van der Waals surface area (Å²) in [5, 5.41) is 4.75. The van der Waals surface area contributed by atoms with Crippen LogP contribution in [0.5, 0.6) is 0 Å². The van der Waals surface area contributed by atoms with E-state index in [0.29, 0.717) is 18.7 Å². The first-order valence-corrected chi connectivity index (χ1v) is 7.09. The molecule has 0 bridgehead atoms. The van der Waals surface area contributed by atoms with Crippen LogP contribution in [0.25, 0.3) is 0 Å². The number of carbonyl (C=O) groups is 1. The molecule has 0 atom stereocenters. The maximum Gasteiger partial charge on any atom is 0.344 e. The second-order valence-electron chi connectivity index (χ2n) is 3.61. The lowest BCUT2D eigenvalue weighted by Gasteiger charge is -2.08. The SMILES string of the molecule is CCOCCOC(=O)c1c(F)ccc(S(N)(=O)=O)c1F. The Labute approximate surface area is 114 Å². The van der Waals surface area contributed by atoms with Gasteiger partial charge in [0.15, 0.2) is 5.82 Å². The van der Waals surface area contributed by atoms with Crippen LogP contribution >= 0.6 is 0 Å². The summed E-state index contributed by atoms with van der Waals surface area (Å²) in [5.41, 5.74) is -1.10. The Morgan fingerprint density at radius 1 is 1.30 bits per heavy atom. The lowest BCUT2D eigenvalue weighted by atomic mass is 10.2. The Morgan fingerprint density at radius 3 is 2.50 bits per heavy atom. The van der Waals surface area contributed by atoms with E-state index in [1.54, 1.807) is 6.92 Å². The molecule has 0 saturated heterocycles. The van der Waals surface area contributed by atoms with E-state index in [9.17, 15) is 22.0 Å². The highest BCUT2D eigenvalue weighted by Crippen LogP contribution is 2.20. The number of primary sulfonamides is 1. The Hall–Kier alpha value is -1.58. The Balaban J connectivity index is 3.03. The minimum Gasteiger partial charge on any atom is -0.459 e. The molecule has 2 N–H and O–H groups in total. The predicted octanol–water partition coefficient (Wildman–Crippen LogP) is 0.806. The van der Waals surface area contributed by atoms with Crippen molar-refractivity contribution in [2.24, 2.45) is 5.14 Å². The second kappa shape index (κ2) is 6.73. The third-order valence-corrected chi connectivity index (χ3v) is 3.16. The molecule has 9 heteroatoms. The summed E-state index contributed by atoms with van der Waals surface area (Å²) in [7, 11) is -4.41. The van der Waals surface area contributed by atoms with Crippen LogP contribution in [-0.4, -0.2) is 34.2 Å². The smallest absolute Gasteiger partial charge is 0.344 e. The van der Waals surface area contributed by atoms with Crippen molar-refractivity contribution < 1.29 is 31.5 Å². The van der Waals surface area contributed by atoms with E-state index in [0.717, 1.165) is 0 Å². The molecule has 1 aromatic carbocycles. The molecular weight excluding hydrogens is 296 g/mol. The van der Waals surface area contributed by atoms with Gasteiger partial charge in [0.25, 0.3) is 0 Å². The summed E-state index contributed by atoms with van der Waals surface area (Å²) in [6.07, 6.45) is 0. The molecular formula is C11H13F2NO5S. The quantitative estimate of drug-likeness (QED) is 0.619. The molecule has 0 spiro atoms. The van der Waals surface area contributed by atoms with Gasteiger partial charge in [0.2, 0.25) is 10.0 Å². The molecule has 0 aliphatic heterocycles. The largest absolute Gasteiger partial charge is 0.459 e. The summed E-state index contributed by atoms with van der Waals surface area (Å²) in [6.45, 7) is 1.95. The number of ether oxygens (including phenoxy) is 2. The van der Waals surface area contributed by atoms with Crippen LogP contribution in [0.4, 0.5) is 8.78 Å². The van der Waals surface area contributed by atoms with Crippen molar-refractivity contribution in [3.63, 3.8) is 0 Å². The predicted molar refractivity (Wildman–Crippen MR) is 64.5 cm³/mol. The Morgan fingerprint density at radius 2 is 1.95 bits per heavy atom. The van der Waals surface area contributed by atoms with Gasteiger partial charge in [-0.05, 0) is 19.1 Å². The Kier molecular flexibility index (Phi) is 5.54. The minimum atomic E-state index is -4.41. The summed E-state index contributed by atoms with van der Waals surface area (Å²) in [6, 6.07) is 1.26. The molecule has 20 heavy (non-hydrogen) atoms. The number of esters is 1. The number of halogens is 2. The van der Waals surface area contributed by atoms with Gasteiger partial charge in [0, 0.05) is 6.61 Å². The van der Waals surface area contributed by atoms with Gasteiger partial charge in [-0.25, -0.2) is 27.1 Å². The molecule has 1 rings (SSSR count). The third-order valence-electron chi connectivity index (χ3n) is 2.23. The number of sulfonamides is 1. The number of rotatable bonds is 6. The molecule has 0 saturated carbocycles. The molecule has 0 radical (unpaired) electrons. The summed E-state index contributed by atoms with van der Waals surface area (Å²) >= 11 is 0. The van der Waals surface area contributed by atoms with Gasteiger partial charge in [0.1, 0.15) is 22.9 Å². The zero-order valence-corrected chi connectivity index (χ0v) is 11.4. The monoisotopic (exact) mass is 309 g/mol. The maximum atomic E-state index is 13.8. The highest BCUT2D eigenvalue weighted by atomic mass is 32.2. The van der Waals surface area contributed by atoms with E-state index in [-0.39, 0.29) is 13.2 Å². The van der Waals surface area contributed by atoms with E-state index < -0.39 is 38.1 Å². The first-order chi connectivity index (χ1) is 9.29. The van der Waals surface area contributed by atoms with Crippen molar-refractivity contribution >= 4 is 16.0 Å². The van der Waals surface area contributed by atoms with Crippen molar-refractivity contribution in [1.29, 1.82) is 0 Å². The van der Waals surface area contributed by atoms with Crippen molar-refractivity contribution in [1.82, 2.24) is 0 Å². The van der Waals surface area contributed by atoms with Gasteiger partial charge < -0.3 is 9.47 Å². The van der Waals surface area contributed by atoms with E-state index in [2.05, 4.69) is 4.74 Å². The minimum absolute atomic E-state index is 0.0559. The second-order valence-corrected chi connectivity index (χ2v) is 5.14. The van der Waals surface area contributed by atoms with Gasteiger partial charge in [-0.3, -0.25) is 0 Å². The fraction of sp³-hybridized carbons (Fsp3) is 0.364. The van der Waals surface area contributed by atoms with Crippen molar-refractivity contribution in [3.05, 3.63) is 29.3 Å². The topological polar surface area (TPSA) is 95.7 Å². The average Bonchev–Trinajstić information content (AvgIpc) is 2.33. The third kappa shape index (κ3) is 3.95. The van der Waals surface area contributed by atoms with Crippen LogP contribution in [0.1, 0.15) is 17.3 Å². The van der Waals surface area contributed by atoms with Crippen molar-refractivity contribution in [2.45, 2.75) is 11.8 Å².